The molecular weight excluding hydrogens is 151 g/mol. The molecule has 68 valence electrons. The fourth-order valence-corrected chi connectivity index (χ4v) is 1.97. The summed E-state index contributed by atoms with van der Waals surface area (Å²) < 4.78 is 0. The smallest absolute Gasteiger partial charge is 0.0104 e. The highest BCUT2D eigenvalue weighted by Crippen LogP contribution is 2.39. The van der Waals surface area contributed by atoms with E-state index in [0.717, 1.165) is 11.8 Å². The molecule has 0 nitrogen and oxygen atoms in total. The lowest BCUT2D eigenvalue weighted by atomic mass is 9.81. The summed E-state index contributed by atoms with van der Waals surface area (Å²) in [6.07, 6.45) is 2.62. The van der Waals surface area contributed by atoms with E-state index < -0.39 is 0 Å². The molecule has 0 radical (unpaired) electrons. The van der Waals surface area contributed by atoms with Crippen molar-refractivity contribution in [2.24, 2.45) is 11.8 Å². The molecule has 0 saturated heterocycles. The SMILES string of the molecule is CCCC(P)(C(C)C)C(C)C. The van der Waals surface area contributed by atoms with Gasteiger partial charge in [-0.15, -0.1) is 9.24 Å². The van der Waals surface area contributed by atoms with Crippen molar-refractivity contribution in [3.8, 4) is 0 Å². The van der Waals surface area contributed by atoms with Crippen LogP contribution >= 0.6 is 9.24 Å². The molecule has 1 atom stereocenters. The summed E-state index contributed by atoms with van der Waals surface area (Å²) >= 11 is 0. The van der Waals surface area contributed by atoms with E-state index in [2.05, 4.69) is 43.9 Å². The Morgan fingerprint density at radius 2 is 1.45 bits per heavy atom. The van der Waals surface area contributed by atoms with Crippen LogP contribution in [0.5, 0.6) is 0 Å². The molecule has 0 fully saturated rings. The molecule has 0 aliphatic heterocycles. The average molecular weight is 174 g/mol. The second-order valence-corrected chi connectivity index (χ2v) is 5.25. The molecule has 0 N–H and O–H groups in total. The highest BCUT2D eigenvalue weighted by Gasteiger charge is 2.30. The van der Waals surface area contributed by atoms with Gasteiger partial charge in [0.25, 0.3) is 0 Å². The van der Waals surface area contributed by atoms with Crippen molar-refractivity contribution in [3.05, 3.63) is 0 Å². The van der Waals surface area contributed by atoms with Crippen LogP contribution in [0.3, 0.4) is 0 Å². The molecule has 11 heavy (non-hydrogen) atoms. The first kappa shape index (κ1) is 11.4. The summed E-state index contributed by atoms with van der Waals surface area (Å²) in [4.78, 5) is 0. The fourth-order valence-electron chi connectivity index (χ4n) is 1.68. The lowest BCUT2D eigenvalue weighted by Gasteiger charge is -2.37. The van der Waals surface area contributed by atoms with Gasteiger partial charge in [0.05, 0.1) is 0 Å². The Morgan fingerprint density at radius 3 is 1.55 bits per heavy atom. The minimum absolute atomic E-state index is 0.467. The van der Waals surface area contributed by atoms with E-state index in [1.165, 1.54) is 12.8 Å². The Labute approximate surface area is 74.4 Å². The molecule has 0 aromatic rings. The van der Waals surface area contributed by atoms with Crippen LogP contribution in [0, 0.1) is 11.8 Å². The second kappa shape index (κ2) is 4.45. The van der Waals surface area contributed by atoms with E-state index in [9.17, 15) is 0 Å². The summed E-state index contributed by atoms with van der Waals surface area (Å²) in [5, 5.41) is 0.467. The molecule has 0 aromatic carbocycles. The highest BCUT2D eigenvalue weighted by molar-refractivity contribution is 7.19. The van der Waals surface area contributed by atoms with Crippen LogP contribution in [0.1, 0.15) is 47.5 Å². The maximum atomic E-state index is 3.07. The van der Waals surface area contributed by atoms with Crippen LogP contribution in [-0.2, 0) is 0 Å². The predicted octanol–water partition coefficient (Wildman–Crippen LogP) is 3.71. The third-order valence-electron chi connectivity index (χ3n) is 2.83. The Bertz CT molecular complexity index is 97.4. The molecule has 0 aliphatic carbocycles. The van der Waals surface area contributed by atoms with Crippen molar-refractivity contribution in [1.82, 2.24) is 0 Å². The Balaban J connectivity index is 4.26. The van der Waals surface area contributed by atoms with Crippen LogP contribution in [0.25, 0.3) is 0 Å². The average Bonchev–Trinajstić information content (AvgIpc) is 1.87. The van der Waals surface area contributed by atoms with Gasteiger partial charge in [-0.1, -0.05) is 41.0 Å². The van der Waals surface area contributed by atoms with E-state index >= 15 is 0 Å². The highest BCUT2D eigenvalue weighted by atomic mass is 31.0. The minimum atomic E-state index is 0.467. The first-order valence-electron chi connectivity index (χ1n) is 4.74. The number of rotatable bonds is 4. The van der Waals surface area contributed by atoms with Gasteiger partial charge in [0.15, 0.2) is 0 Å². The molecule has 0 saturated carbocycles. The van der Waals surface area contributed by atoms with Crippen molar-refractivity contribution in [2.45, 2.75) is 52.6 Å². The monoisotopic (exact) mass is 174 g/mol. The fraction of sp³-hybridized carbons (Fsp3) is 1.00. The van der Waals surface area contributed by atoms with Crippen LogP contribution in [0.2, 0.25) is 0 Å². The number of hydrogen-bond donors (Lipinski definition) is 0. The van der Waals surface area contributed by atoms with E-state index in [1.807, 2.05) is 0 Å². The molecule has 0 bridgehead atoms. The summed E-state index contributed by atoms with van der Waals surface area (Å²) in [6.45, 7) is 11.6. The summed E-state index contributed by atoms with van der Waals surface area (Å²) in [5.74, 6) is 1.54. The Hall–Kier alpha value is 0.430. The van der Waals surface area contributed by atoms with Crippen molar-refractivity contribution in [1.29, 1.82) is 0 Å². The quantitative estimate of drug-likeness (QED) is 0.570. The molecule has 0 heterocycles. The van der Waals surface area contributed by atoms with Gasteiger partial charge in [-0.3, -0.25) is 0 Å². The van der Waals surface area contributed by atoms with E-state index in [4.69, 9.17) is 0 Å². The van der Waals surface area contributed by atoms with Crippen LogP contribution < -0.4 is 0 Å². The van der Waals surface area contributed by atoms with E-state index in [-0.39, 0.29) is 0 Å². The lowest BCUT2D eigenvalue weighted by Crippen LogP contribution is -2.33. The third-order valence-corrected chi connectivity index (χ3v) is 4.45. The second-order valence-electron chi connectivity index (χ2n) is 4.17. The molecule has 0 aliphatic rings. The number of hydrogen-bond acceptors (Lipinski definition) is 0. The van der Waals surface area contributed by atoms with Crippen molar-refractivity contribution in [3.63, 3.8) is 0 Å². The molecule has 0 aromatic heterocycles. The third kappa shape index (κ3) is 2.75. The van der Waals surface area contributed by atoms with Crippen LogP contribution in [-0.4, -0.2) is 5.16 Å². The van der Waals surface area contributed by atoms with Gasteiger partial charge in [-0.2, -0.15) is 0 Å². The van der Waals surface area contributed by atoms with Gasteiger partial charge >= 0.3 is 0 Å². The lowest BCUT2D eigenvalue weighted by molar-refractivity contribution is 0.311. The maximum Gasteiger partial charge on any atom is -0.0104 e. The van der Waals surface area contributed by atoms with Crippen LogP contribution in [0.15, 0.2) is 0 Å². The standard InChI is InChI=1S/C10H23P/c1-6-7-10(11,8(2)3)9(4)5/h8-9H,6-7,11H2,1-5H3. The molecule has 0 amide bonds. The molecule has 0 rings (SSSR count). The van der Waals surface area contributed by atoms with Gasteiger partial charge < -0.3 is 0 Å². The normalized spacial score (nSPS) is 13.1. The first-order chi connectivity index (χ1) is 4.95. The Kier molecular flexibility index (Phi) is 4.63. The van der Waals surface area contributed by atoms with E-state index in [1.54, 1.807) is 0 Å². The van der Waals surface area contributed by atoms with E-state index in [0.29, 0.717) is 5.16 Å². The zero-order chi connectivity index (χ0) is 9.07. The van der Waals surface area contributed by atoms with Crippen LogP contribution in [0.4, 0.5) is 0 Å². The summed E-state index contributed by atoms with van der Waals surface area (Å²) in [5.41, 5.74) is 0. The predicted molar refractivity (Wildman–Crippen MR) is 57.0 cm³/mol. The zero-order valence-corrected chi connectivity index (χ0v) is 9.80. The first-order valence-corrected chi connectivity index (χ1v) is 5.31. The summed E-state index contributed by atoms with van der Waals surface area (Å²) in [7, 11) is 3.07. The molecular formula is C10H23P. The van der Waals surface area contributed by atoms with Gasteiger partial charge in [-0.05, 0) is 23.4 Å². The van der Waals surface area contributed by atoms with Gasteiger partial charge in [0.2, 0.25) is 0 Å². The van der Waals surface area contributed by atoms with Gasteiger partial charge in [0, 0.05) is 0 Å². The van der Waals surface area contributed by atoms with Crippen molar-refractivity contribution in [2.75, 3.05) is 0 Å². The molecule has 1 heteroatoms. The van der Waals surface area contributed by atoms with Gasteiger partial charge in [-0.25, -0.2) is 0 Å². The van der Waals surface area contributed by atoms with Crippen molar-refractivity contribution < 1.29 is 0 Å². The largest absolute Gasteiger partial charge is 0.131 e. The Morgan fingerprint density at radius 1 is 1.09 bits per heavy atom. The topological polar surface area (TPSA) is 0 Å². The zero-order valence-electron chi connectivity index (χ0n) is 8.65. The minimum Gasteiger partial charge on any atom is -0.131 e. The molecule has 0 spiro atoms. The molecule has 1 unspecified atom stereocenters. The van der Waals surface area contributed by atoms with Crippen molar-refractivity contribution >= 4 is 9.24 Å². The van der Waals surface area contributed by atoms with Gasteiger partial charge in [0.1, 0.15) is 0 Å². The maximum absolute atomic E-state index is 3.07. The summed E-state index contributed by atoms with van der Waals surface area (Å²) in [6, 6.07) is 0.